The predicted octanol–water partition coefficient (Wildman–Crippen LogP) is 4.00. The second kappa shape index (κ2) is 4.68. The standard InChI is InChI=1S/C14H15ClN2/c1-10-3-6-12(7-4-10)17(2)14-8-5-11(16)9-13(14)15/h3-9H,16H2,1-2H3. The Labute approximate surface area is 107 Å². The number of hydrogen-bond donors (Lipinski definition) is 1. The van der Waals surface area contributed by atoms with E-state index in [4.69, 9.17) is 17.3 Å². The van der Waals surface area contributed by atoms with Crippen LogP contribution in [0.3, 0.4) is 0 Å². The van der Waals surface area contributed by atoms with Crippen molar-refractivity contribution in [1.29, 1.82) is 0 Å². The van der Waals surface area contributed by atoms with Crippen molar-refractivity contribution in [3.8, 4) is 0 Å². The van der Waals surface area contributed by atoms with E-state index in [1.807, 2.05) is 24.1 Å². The van der Waals surface area contributed by atoms with Crippen LogP contribution in [0.4, 0.5) is 17.1 Å². The minimum Gasteiger partial charge on any atom is -0.399 e. The molecular formula is C14H15ClN2. The van der Waals surface area contributed by atoms with Crippen LogP contribution in [0, 0.1) is 6.92 Å². The molecule has 0 atom stereocenters. The molecule has 0 saturated carbocycles. The number of aryl methyl sites for hydroxylation is 1. The molecule has 3 heteroatoms. The minimum absolute atomic E-state index is 0.660. The van der Waals surface area contributed by atoms with Gasteiger partial charge in [-0.25, -0.2) is 0 Å². The summed E-state index contributed by atoms with van der Waals surface area (Å²) in [6.45, 7) is 2.07. The number of nitrogen functional groups attached to an aromatic ring is 1. The Balaban J connectivity index is 2.36. The number of hydrogen-bond acceptors (Lipinski definition) is 2. The number of benzene rings is 2. The monoisotopic (exact) mass is 246 g/mol. The van der Waals surface area contributed by atoms with E-state index >= 15 is 0 Å². The van der Waals surface area contributed by atoms with Crippen LogP contribution >= 0.6 is 11.6 Å². The molecule has 2 aromatic carbocycles. The largest absolute Gasteiger partial charge is 0.399 e. The second-order valence-electron chi connectivity index (χ2n) is 4.11. The molecule has 0 aromatic heterocycles. The molecule has 0 saturated heterocycles. The van der Waals surface area contributed by atoms with Gasteiger partial charge in [-0.3, -0.25) is 0 Å². The molecule has 0 aliphatic rings. The van der Waals surface area contributed by atoms with Gasteiger partial charge in [0.1, 0.15) is 0 Å². The molecule has 0 unspecified atom stereocenters. The summed E-state index contributed by atoms with van der Waals surface area (Å²) in [5.74, 6) is 0. The summed E-state index contributed by atoms with van der Waals surface area (Å²) in [4.78, 5) is 2.04. The maximum absolute atomic E-state index is 6.18. The zero-order chi connectivity index (χ0) is 12.4. The van der Waals surface area contributed by atoms with Gasteiger partial charge in [0.15, 0.2) is 0 Å². The maximum atomic E-state index is 6.18. The third kappa shape index (κ3) is 2.53. The first-order chi connectivity index (χ1) is 8.08. The summed E-state index contributed by atoms with van der Waals surface area (Å²) in [7, 11) is 1.99. The molecule has 88 valence electrons. The molecule has 0 amide bonds. The molecule has 0 radical (unpaired) electrons. The Morgan fingerprint density at radius 3 is 2.29 bits per heavy atom. The van der Waals surface area contributed by atoms with E-state index in [-0.39, 0.29) is 0 Å². The molecule has 0 aliphatic heterocycles. The summed E-state index contributed by atoms with van der Waals surface area (Å²) >= 11 is 6.18. The van der Waals surface area contributed by atoms with E-state index in [1.54, 1.807) is 6.07 Å². The van der Waals surface area contributed by atoms with Crippen LogP contribution < -0.4 is 10.6 Å². The molecule has 0 heterocycles. The molecule has 0 aliphatic carbocycles. The average Bonchev–Trinajstić information content (AvgIpc) is 2.29. The lowest BCUT2D eigenvalue weighted by molar-refractivity contribution is 1.20. The Morgan fingerprint density at radius 2 is 1.71 bits per heavy atom. The van der Waals surface area contributed by atoms with Crippen LogP contribution in [0.5, 0.6) is 0 Å². The quantitative estimate of drug-likeness (QED) is 0.812. The van der Waals surface area contributed by atoms with E-state index in [0.29, 0.717) is 10.7 Å². The Hall–Kier alpha value is -1.67. The summed E-state index contributed by atoms with van der Waals surface area (Å²) in [6, 6.07) is 13.9. The maximum Gasteiger partial charge on any atom is 0.0663 e. The zero-order valence-corrected chi connectivity index (χ0v) is 10.7. The third-order valence-corrected chi connectivity index (χ3v) is 3.06. The second-order valence-corrected chi connectivity index (χ2v) is 4.51. The van der Waals surface area contributed by atoms with Crippen molar-refractivity contribution in [2.75, 3.05) is 17.7 Å². The fraction of sp³-hybridized carbons (Fsp3) is 0.143. The molecule has 0 fully saturated rings. The van der Waals surface area contributed by atoms with Crippen LogP contribution in [0.1, 0.15) is 5.56 Å². The van der Waals surface area contributed by atoms with Crippen LogP contribution in [0.15, 0.2) is 42.5 Å². The fourth-order valence-electron chi connectivity index (χ4n) is 1.70. The van der Waals surface area contributed by atoms with Gasteiger partial charge in [-0.1, -0.05) is 29.3 Å². The van der Waals surface area contributed by atoms with Crippen LogP contribution in [-0.4, -0.2) is 7.05 Å². The molecule has 2 aromatic rings. The number of nitrogens with two attached hydrogens (primary N) is 1. The fourth-order valence-corrected chi connectivity index (χ4v) is 2.02. The van der Waals surface area contributed by atoms with Gasteiger partial charge in [-0.05, 0) is 37.3 Å². The Morgan fingerprint density at radius 1 is 1.06 bits per heavy atom. The van der Waals surface area contributed by atoms with E-state index in [0.717, 1.165) is 11.4 Å². The van der Waals surface area contributed by atoms with Crippen molar-refractivity contribution in [3.63, 3.8) is 0 Å². The van der Waals surface area contributed by atoms with Gasteiger partial charge in [-0.2, -0.15) is 0 Å². The van der Waals surface area contributed by atoms with Crippen molar-refractivity contribution in [2.24, 2.45) is 0 Å². The topological polar surface area (TPSA) is 29.3 Å². The predicted molar refractivity (Wildman–Crippen MR) is 75.1 cm³/mol. The third-order valence-electron chi connectivity index (χ3n) is 2.75. The lowest BCUT2D eigenvalue weighted by atomic mass is 10.2. The van der Waals surface area contributed by atoms with Crippen LogP contribution in [0.2, 0.25) is 5.02 Å². The molecule has 0 spiro atoms. The summed E-state index contributed by atoms with van der Waals surface area (Å²) < 4.78 is 0. The zero-order valence-electron chi connectivity index (χ0n) is 9.94. The van der Waals surface area contributed by atoms with E-state index < -0.39 is 0 Å². The van der Waals surface area contributed by atoms with Crippen molar-refractivity contribution in [2.45, 2.75) is 6.92 Å². The van der Waals surface area contributed by atoms with Gasteiger partial charge in [0.05, 0.1) is 10.7 Å². The number of halogens is 1. The molecule has 2 rings (SSSR count). The highest BCUT2D eigenvalue weighted by atomic mass is 35.5. The highest BCUT2D eigenvalue weighted by Gasteiger charge is 2.07. The first-order valence-corrected chi connectivity index (χ1v) is 5.81. The summed E-state index contributed by atoms with van der Waals surface area (Å²) in [6.07, 6.45) is 0. The highest BCUT2D eigenvalue weighted by Crippen LogP contribution is 2.31. The van der Waals surface area contributed by atoms with Crippen molar-refractivity contribution >= 4 is 28.7 Å². The molecular weight excluding hydrogens is 232 g/mol. The summed E-state index contributed by atoms with van der Waals surface area (Å²) in [5.41, 5.74) is 9.65. The first kappa shape index (κ1) is 11.8. The van der Waals surface area contributed by atoms with E-state index in [1.165, 1.54) is 5.56 Å². The van der Waals surface area contributed by atoms with Crippen molar-refractivity contribution in [3.05, 3.63) is 53.1 Å². The van der Waals surface area contributed by atoms with Gasteiger partial charge in [0.2, 0.25) is 0 Å². The summed E-state index contributed by atoms with van der Waals surface area (Å²) in [5, 5.41) is 0.660. The number of anilines is 3. The van der Waals surface area contributed by atoms with E-state index in [9.17, 15) is 0 Å². The first-order valence-electron chi connectivity index (χ1n) is 5.43. The smallest absolute Gasteiger partial charge is 0.0663 e. The highest BCUT2D eigenvalue weighted by molar-refractivity contribution is 6.33. The number of rotatable bonds is 2. The van der Waals surface area contributed by atoms with Crippen molar-refractivity contribution < 1.29 is 0 Å². The van der Waals surface area contributed by atoms with Crippen LogP contribution in [-0.2, 0) is 0 Å². The minimum atomic E-state index is 0.660. The van der Waals surface area contributed by atoms with Gasteiger partial charge in [0, 0.05) is 18.4 Å². The molecule has 2 N–H and O–H groups in total. The van der Waals surface area contributed by atoms with Crippen LogP contribution in [0.25, 0.3) is 0 Å². The van der Waals surface area contributed by atoms with E-state index in [2.05, 4.69) is 31.2 Å². The van der Waals surface area contributed by atoms with Gasteiger partial charge < -0.3 is 10.6 Å². The van der Waals surface area contributed by atoms with Crippen molar-refractivity contribution in [1.82, 2.24) is 0 Å². The van der Waals surface area contributed by atoms with Gasteiger partial charge in [0.25, 0.3) is 0 Å². The SMILES string of the molecule is Cc1ccc(N(C)c2ccc(N)cc2Cl)cc1. The Kier molecular flexibility index (Phi) is 3.25. The Bertz CT molecular complexity index is 520. The molecule has 0 bridgehead atoms. The lowest BCUT2D eigenvalue weighted by Crippen LogP contribution is -2.09. The molecule has 17 heavy (non-hydrogen) atoms. The normalized spacial score (nSPS) is 10.3. The number of nitrogens with zero attached hydrogens (tertiary/aromatic N) is 1. The molecule has 2 nitrogen and oxygen atoms in total. The van der Waals surface area contributed by atoms with Gasteiger partial charge >= 0.3 is 0 Å². The lowest BCUT2D eigenvalue weighted by Gasteiger charge is -2.21. The van der Waals surface area contributed by atoms with Gasteiger partial charge in [-0.15, -0.1) is 0 Å². The average molecular weight is 247 g/mol.